The molecule has 0 radical (unpaired) electrons. The number of para-hydroxylation sites is 1. The van der Waals surface area contributed by atoms with E-state index in [0.29, 0.717) is 6.42 Å². The summed E-state index contributed by atoms with van der Waals surface area (Å²) in [5, 5.41) is 16.2. The van der Waals surface area contributed by atoms with E-state index in [1.165, 1.54) is 12.1 Å². The third-order valence-electron chi connectivity index (χ3n) is 3.88. The number of hydrogen-bond acceptors (Lipinski definition) is 5. The Hall–Kier alpha value is -3.09. The zero-order chi connectivity index (χ0) is 17.8. The Balaban J connectivity index is 1.55. The molecule has 2 aromatic rings. The van der Waals surface area contributed by atoms with Crippen LogP contribution in [0.1, 0.15) is 22.3 Å². The monoisotopic (exact) mass is 344 g/mol. The van der Waals surface area contributed by atoms with Crippen LogP contribution in [0.3, 0.4) is 0 Å². The smallest absolute Gasteiger partial charge is 0.255 e. The van der Waals surface area contributed by atoms with Gasteiger partial charge in [0.2, 0.25) is 0 Å². The number of nitrogens with one attached hydrogen (secondary N) is 1. The van der Waals surface area contributed by atoms with Gasteiger partial charge in [-0.25, -0.2) is 4.39 Å². The van der Waals surface area contributed by atoms with Crippen molar-refractivity contribution in [1.82, 2.24) is 5.32 Å². The van der Waals surface area contributed by atoms with Crippen LogP contribution in [-0.4, -0.2) is 36.5 Å². The Kier molecular flexibility index (Phi) is 4.83. The Morgan fingerprint density at radius 1 is 1.36 bits per heavy atom. The summed E-state index contributed by atoms with van der Waals surface area (Å²) in [6.45, 7) is 0.192. The molecule has 0 fully saturated rings. The minimum absolute atomic E-state index is 0.116. The average Bonchev–Trinajstić information content (AvgIpc) is 3.11. The molecular formula is C18H17FN2O4. The average molecular weight is 344 g/mol. The number of nitrogens with zero attached hydrogens (tertiary/aromatic N) is 1. The first kappa shape index (κ1) is 16.8. The highest BCUT2D eigenvalue weighted by atomic mass is 19.1. The molecule has 1 unspecified atom stereocenters. The first-order valence-corrected chi connectivity index (χ1v) is 7.71. The molecule has 2 N–H and O–H groups in total. The first-order valence-electron chi connectivity index (χ1n) is 7.71. The van der Waals surface area contributed by atoms with Crippen LogP contribution >= 0.6 is 0 Å². The van der Waals surface area contributed by atoms with Crippen molar-refractivity contribution < 1.29 is 23.9 Å². The Morgan fingerprint density at radius 3 is 2.84 bits per heavy atom. The van der Waals surface area contributed by atoms with E-state index in [4.69, 9.17) is 9.57 Å². The maximum Gasteiger partial charge on any atom is 0.255 e. The number of amides is 1. The lowest BCUT2D eigenvalue weighted by molar-refractivity contribution is 0.0752. The van der Waals surface area contributed by atoms with Crippen molar-refractivity contribution in [1.29, 1.82) is 0 Å². The minimum atomic E-state index is -0.838. The van der Waals surface area contributed by atoms with E-state index in [-0.39, 0.29) is 18.2 Å². The fourth-order valence-corrected chi connectivity index (χ4v) is 2.49. The zero-order valence-corrected chi connectivity index (χ0v) is 13.5. The number of halogens is 1. The van der Waals surface area contributed by atoms with Crippen LogP contribution in [-0.2, 0) is 4.84 Å². The van der Waals surface area contributed by atoms with Gasteiger partial charge < -0.3 is 20.0 Å². The van der Waals surface area contributed by atoms with Gasteiger partial charge in [0, 0.05) is 6.42 Å². The van der Waals surface area contributed by atoms with Crippen LogP contribution in [0.2, 0.25) is 0 Å². The van der Waals surface area contributed by atoms with E-state index >= 15 is 0 Å². The summed E-state index contributed by atoms with van der Waals surface area (Å²) < 4.78 is 18.4. The Morgan fingerprint density at radius 2 is 2.12 bits per heavy atom. The Bertz CT molecular complexity index is 805. The lowest BCUT2D eigenvalue weighted by Gasteiger charge is -2.11. The molecule has 3 rings (SSSR count). The Labute approximate surface area is 143 Å². The van der Waals surface area contributed by atoms with Crippen LogP contribution in [0.15, 0.2) is 47.6 Å². The maximum atomic E-state index is 13.3. The van der Waals surface area contributed by atoms with Gasteiger partial charge in [0.05, 0.1) is 24.9 Å². The lowest BCUT2D eigenvalue weighted by atomic mass is 10.0. The summed E-state index contributed by atoms with van der Waals surface area (Å²) in [5.41, 5.74) is 1.57. The number of phenolic OH excluding ortho intramolecular Hbond substituents is 1. The molecule has 25 heavy (non-hydrogen) atoms. The number of ether oxygens (including phenoxy) is 1. The lowest BCUT2D eigenvalue weighted by Crippen LogP contribution is -2.32. The SMILES string of the molecule is COc1ccc(C2=NOC(CNC(=O)c3cccc(F)c3O)C2)cc1. The first-order chi connectivity index (χ1) is 12.1. The second-order valence-electron chi connectivity index (χ2n) is 5.54. The number of methoxy groups -OCH3 is 1. The quantitative estimate of drug-likeness (QED) is 0.873. The number of phenols is 1. The zero-order valence-electron chi connectivity index (χ0n) is 13.5. The molecule has 0 bridgehead atoms. The van der Waals surface area contributed by atoms with Gasteiger partial charge in [-0.05, 0) is 42.0 Å². The molecule has 6 nitrogen and oxygen atoms in total. The van der Waals surface area contributed by atoms with Crippen LogP contribution in [0.25, 0.3) is 0 Å². The van der Waals surface area contributed by atoms with Gasteiger partial charge >= 0.3 is 0 Å². The molecule has 1 aliphatic rings. The fourth-order valence-electron chi connectivity index (χ4n) is 2.49. The van der Waals surface area contributed by atoms with Gasteiger partial charge in [0.25, 0.3) is 5.91 Å². The van der Waals surface area contributed by atoms with Crippen molar-refractivity contribution in [3.63, 3.8) is 0 Å². The molecular weight excluding hydrogens is 327 g/mol. The predicted octanol–water partition coefficient (Wildman–Crippen LogP) is 2.46. The van der Waals surface area contributed by atoms with Crippen LogP contribution in [0.4, 0.5) is 4.39 Å². The fraction of sp³-hybridized carbons (Fsp3) is 0.222. The molecule has 130 valence electrons. The number of oxime groups is 1. The summed E-state index contributed by atoms with van der Waals surface area (Å²) in [6.07, 6.45) is 0.207. The second-order valence-corrected chi connectivity index (χ2v) is 5.54. The summed E-state index contributed by atoms with van der Waals surface area (Å²) in [5.74, 6) is -1.32. The van der Waals surface area contributed by atoms with Crippen LogP contribution in [0, 0.1) is 5.82 Å². The van der Waals surface area contributed by atoms with Gasteiger partial charge in [0.1, 0.15) is 11.9 Å². The molecule has 0 aromatic heterocycles. The van der Waals surface area contributed by atoms with E-state index in [1.54, 1.807) is 7.11 Å². The summed E-state index contributed by atoms with van der Waals surface area (Å²) in [6, 6.07) is 11.2. The third-order valence-corrected chi connectivity index (χ3v) is 3.88. The number of benzene rings is 2. The number of carbonyl (C=O) groups is 1. The highest BCUT2D eigenvalue weighted by Crippen LogP contribution is 2.21. The molecule has 1 aliphatic heterocycles. The van der Waals surface area contributed by atoms with Crippen molar-refractivity contribution in [3.05, 3.63) is 59.4 Å². The van der Waals surface area contributed by atoms with Crippen molar-refractivity contribution >= 4 is 11.6 Å². The highest BCUT2D eigenvalue weighted by molar-refractivity contribution is 6.01. The van der Waals surface area contributed by atoms with Crippen molar-refractivity contribution in [3.8, 4) is 11.5 Å². The molecule has 0 aliphatic carbocycles. The summed E-state index contributed by atoms with van der Waals surface area (Å²) >= 11 is 0. The molecule has 7 heteroatoms. The largest absolute Gasteiger partial charge is 0.504 e. The molecule has 0 saturated carbocycles. The number of carbonyl (C=O) groups excluding carboxylic acids is 1. The van der Waals surface area contributed by atoms with E-state index in [2.05, 4.69) is 10.5 Å². The van der Waals surface area contributed by atoms with E-state index in [1.807, 2.05) is 24.3 Å². The topological polar surface area (TPSA) is 80.2 Å². The third kappa shape index (κ3) is 3.71. The molecule has 2 aromatic carbocycles. The van der Waals surface area contributed by atoms with Gasteiger partial charge in [-0.2, -0.15) is 0 Å². The van der Waals surface area contributed by atoms with E-state index in [9.17, 15) is 14.3 Å². The maximum absolute atomic E-state index is 13.3. The van der Waals surface area contributed by atoms with Crippen molar-refractivity contribution in [2.45, 2.75) is 12.5 Å². The minimum Gasteiger partial charge on any atom is -0.504 e. The van der Waals surface area contributed by atoms with Gasteiger partial charge in [-0.3, -0.25) is 4.79 Å². The van der Waals surface area contributed by atoms with Gasteiger partial charge in [-0.1, -0.05) is 11.2 Å². The molecule has 1 atom stereocenters. The van der Waals surface area contributed by atoms with Gasteiger partial charge in [-0.15, -0.1) is 0 Å². The van der Waals surface area contributed by atoms with Gasteiger partial charge in [0.15, 0.2) is 11.6 Å². The van der Waals surface area contributed by atoms with E-state index in [0.717, 1.165) is 23.1 Å². The normalized spacial score (nSPS) is 16.1. The van der Waals surface area contributed by atoms with Crippen molar-refractivity contribution in [2.24, 2.45) is 5.16 Å². The summed E-state index contributed by atoms with van der Waals surface area (Å²) in [4.78, 5) is 17.4. The predicted molar refractivity (Wildman–Crippen MR) is 89.4 cm³/mol. The standard InChI is InChI=1S/C18H17FN2O4/c1-24-12-7-5-11(6-8-12)16-9-13(25-21-16)10-20-18(23)14-3-2-4-15(19)17(14)22/h2-8,13,22H,9-10H2,1H3,(H,20,23). The number of rotatable bonds is 5. The second kappa shape index (κ2) is 7.21. The van der Waals surface area contributed by atoms with Crippen molar-refractivity contribution in [2.75, 3.05) is 13.7 Å². The number of hydrogen-bond donors (Lipinski definition) is 2. The van der Waals surface area contributed by atoms with Crippen LogP contribution < -0.4 is 10.1 Å². The summed E-state index contributed by atoms with van der Waals surface area (Å²) in [7, 11) is 1.60. The van der Waals surface area contributed by atoms with Crippen LogP contribution in [0.5, 0.6) is 11.5 Å². The van der Waals surface area contributed by atoms with E-state index < -0.39 is 17.5 Å². The number of aromatic hydroxyl groups is 1. The molecule has 1 heterocycles. The molecule has 1 amide bonds. The molecule has 0 spiro atoms. The highest BCUT2D eigenvalue weighted by Gasteiger charge is 2.23. The molecule has 0 saturated heterocycles.